The van der Waals surface area contributed by atoms with Crippen molar-refractivity contribution in [3.8, 4) is 0 Å². The number of hydrogen-bond donors (Lipinski definition) is 3. The van der Waals surface area contributed by atoms with Crippen LogP contribution in [0.4, 0.5) is 4.79 Å². The van der Waals surface area contributed by atoms with Crippen molar-refractivity contribution >= 4 is 12.0 Å². The highest BCUT2D eigenvalue weighted by atomic mass is 16.5. The molecule has 0 radical (unpaired) electrons. The molecule has 6 nitrogen and oxygen atoms in total. The lowest BCUT2D eigenvalue weighted by Crippen LogP contribution is -2.45. The summed E-state index contributed by atoms with van der Waals surface area (Å²) < 4.78 is 4.92. The van der Waals surface area contributed by atoms with Gasteiger partial charge in [-0.05, 0) is 6.42 Å². The number of carboxylic acid groups (broad SMARTS) is 1. The summed E-state index contributed by atoms with van der Waals surface area (Å²) >= 11 is 0. The number of nitrogens with one attached hydrogen (secondary N) is 2. The van der Waals surface area contributed by atoms with Crippen molar-refractivity contribution in [2.24, 2.45) is 5.92 Å². The molecule has 0 aromatic carbocycles. The molecular formula is C10H20N2O4. The molecule has 0 aliphatic rings. The second kappa shape index (κ2) is 7.92. The molecule has 0 saturated heterocycles. The summed E-state index contributed by atoms with van der Waals surface area (Å²) in [6.07, 6.45) is 0.760. The number of aliphatic carboxylic acids is 1. The van der Waals surface area contributed by atoms with Gasteiger partial charge < -0.3 is 20.5 Å². The Morgan fingerprint density at radius 3 is 2.50 bits per heavy atom. The van der Waals surface area contributed by atoms with E-state index in [0.29, 0.717) is 6.61 Å². The van der Waals surface area contributed by atoms with Crippen molar-refractivity contribution in [2.45, 2.75) is 26.3 Å². The van der Waals surface area contributed by atoms with Crippen LogP contribution in [0.2, 0.25) is 0 Å². The average Bonchev–Trinajstić information content (AvgIpc) is 2.24. The van der Waals surface area contributed by atoms with Gasteiger partial charge >= 0.3 is 12.0 Å². The van der Waals surface area contributed by atoms with E-state index in [-0.39, 0.29) is 18.6 Å². The van der Waals surface area contributed by atoms with Crippen molar-refractivity contribution in [3.05, 3.63) is 0 Å². The number of carboxylic acids is 1. The number of rotatable bonds is 7. The fraction of sp³-hybridized carbons (Fsp3) is 0.800. The van der Waals surface area contributed by atoms with Crippen LogP contribution in [0, 0.1) is 5.92 Å². The Balaban J connectivity index is 3.84. The van der Waals surface area contributed by atoms with Crippen LogP contribution < -0.4 is 10.6 Å². The molecule has 6 heteroatoms. The maximum Gasteiger partial charge on any atom is 0.315 e. The third-order valence-electron chi connectivity index (χ3n) is 2.19. The highest BCUT2D eigenvalue weighted by Crippen LogP contribution is 1.93. The maximum absolute atomic E-state index is 11.3. The normalized spacial score (nSPS) is 13.9. The second-order valence-corrected chi connectivity index (χ2v) is 3.65. The first-order valence-electron chi connectivity index (χ1n) is 5.27. The predicted octanol–water partition coefficient (Wildman–Crippen LogP) is 0.431. The van der Waals surface area contributed by atoms with Gasteiger partial charge in [0.25, 0.3) is 0 Å². The highest BCUT2D eigenvalue weighted by molar-refractivity contribution is 5.75. The first-order chi connectivity index (χ1) is 7.51. The van der Waals surface area contributed by atoms with E-state index >= 15 is 0 Å². The summed E-state index contributed by atoms with van der Waals surface area (Å²) in [4.78, 5) is 21.8. The molecule has 0 saturated carbocycles. The van der Waals surface area contributed by atoms with E-state index < -0.39 is 11.9 Å². The highest BCUT2D eigenvalue weighted by Gasteiger charge is 2.13. The SMILES string of the molecule is CCC(COC)NC(=O)NCC(C)C(=O)O. The molecule has 2 unspecified atom stereocenters. The molecule has 2 atom stereocenters. The van der Waals surface area contributed by atoms with Gasteiger partial charge in [0.1, 0.15) is 0 Å². The van der Waals surface area contributed by atoms with E-state index in [9.17, 15) is 9.59 Å². The van der Waals surface area contributed by atoms with Crippen LogP contribution in [0.1, 0.15) is 20.3 Å². The maximum atomic E-state index is 11.3. The van der Waals surface area contributed by atoms with E-state index in [1.54, 1.807) is 7.11 Å². The third kappa shape index (κ3) is 6.23. The number of hydrogen-bond acceptors (Lipinski definition) is 3. The zero-order chi connectivity index (χ0) is 12.6. The fourth-order valence-corrected chi connectivity index (χ4v) is 1.03. The van der Waals surface area contributed by atoms with Crippen molar-refractivity contribution in [1.82, 2.24) is 10.6 Å². The average molecular weight is 232 g/mol. The van der Waals surface area contributed by atoms with Gasteiger partial charge in [0, 0.05) is 13.7 Å². The molecule has 0 heterocycles. The lowest BCUT2D eigenvalue weighted by Gasteiger charge is -2.17. The van der Waals surface area contributed by atoms with Gasteiger partial charge in [-0.2, -0.15) is 0 Å². The molecule has 0 fully saturated rings. The van der Waals surface area contributed by atoms with Gasteiger partial charge in [-0.1, -0.05) is 13.8 Å². The number of carbonyl (C=O) groups excluding carboxylic acids is 1. The first-order valence-corrected chi connectivity index (χ1v) is 5.27. The largest absolute Gasteiger partial charge is 0.481 e. The van der Waals surface area contributed by atoms with Crippen LogP contribution in [-0.2, 0) is 9.53 Å². The first kappa shape index (κ1) is 14.7. The third-order valence-corrected chi connectivity index (χ3v) is 2.19. The van der Waals surface area contributed by atoms with Gasteiger partial charge in [0.05, 0.1) is 18.6 Å². The Bertz CT molecular complexity index is 233. The van der Waals surface area contributed by atoms with Crippen LogP contribution in [0.3, 0.4) is 0 Å². The second-order valence-electron chi connectivity index (χ2n) is 3.65. The summed E-state index contributed by atoms with van der Waals surface area (Å²) in [6.45, 7) is 4.03. The Morgan fingerprint density at radius 1 is 1.44 bits per heavy atom. The van der Waals surface area contributed by atoms with Crippen molar-refractivity contribution in [2.75, 3.05) is 20.3 Å². The van der Waals surface area contributed by atoms with E-state index in [1.807, 2.05) is 6.92 Å². The van der Waals surface area contributed by atoms with Crippen molar-refractivity contribution in [1.29, 1.82) is 0 Å². The molecule has 0 spiro atoms. The summed E-state index contributed by atoms with van der Waals surface area (Å²) in [5.41, 5.74) is 0. The van der Waals surface area contributed by atoms with Crippen molar-refractivity contribution in [3.63, 3.8) is 0 Å². The van der Waals surface area contributed by atoms with Crippen molar-refractivity contribution < 1.29 is 19.4 Å². The van der Waals surface area contributed by atoms with Crippen LogP contribution >= 0.6 is 0 Å². The van der Waals surface area contributed by atoms with Crippen LogP contribution in [0.25, 0.3) is 0 Å². The van der Waals surface area contributed by atoms with Gasteiger partial charge in [0.2, 0.25) is 0 Å². The molecule has 0 bridgehead atoms. The minimum absolute atomic E-state index is 0.0508. The lowest BCUT2D eigenvalue weighted by molar-refractivity contribution is -0.140. The fourth-order valence-electron chi connectivity index (χ4n) is 1.03. The minimum Gasteiger partial charge on any atom is -0.481 e. The molecule has 2 amide bonds. The lowest BCUT2D eigenvalue weighted by atomic mass is 10.2. The Morgan fingerprint density at radius 2 is 2.06 bits per heavy atom. The Hall–Kier alpha value is -1.30. The van der Waals surface area contributed by atoms with Crippen LogP contribution in [0.5, 0.6) is 0 Å². The zero-order valence-electron chi connectivity index (χ0n) is 9.95. The monoisotopic (exact) mass is 232 g/mol. The van der Waals surface area contributed by atoms with E-state index in [1.165, 1.54) is 6.92 Å². The summed E-state index contributed by atoms with van der Waals surface area (Å²) in [6, 6.07) is -0.415. The summed E-state index contributed by atoms with van der Waals surface area (Å²) in [5, 5.41) is 13.8. The molecule has 0 aliphatic carbocycles. The molecule has 0 rings (SSSR count). The van der Waals surface area contributed by atoms with E-state index in [2.05, 4.69) is 10.6 Å². The number of ether oxygens (including phenoxy) is 1. The molecular weight excluding hydrogens is 212 g/mol. The number of amides is 2. The van der Waals surface area contributed by atoms with E-state index in [4.69, 9.17) is 9.84 Å². The smallest absolute Gasteiger partial charge is 0.315 e. The molecule has 0 aromatic rings. The molecule has 0 aromatic heterocycles. The van der Waals surface area contributed by atoms with Crippen LogP contribution in [-0.4, -0.2) is 43.4 Å². The van der Waals surface area contributed by atoms with Crippen LogP contribution in [0.15, 0.2) is 0 Å². The Kier molecular flexibility index (Phi) is 7.28. The quantitative estimate of drug-likeness (QED) is 0.594. The van der Waals surface area contributed by atoms with E-state index in [0.717, 1.165) is 6.42 Å². The molecule has 0 aliphatic heterocycles. The minimum atomic E-state index is -0.927. The predicted molar refractivity (Wildman–Crippen MR) is 59.3 cm³/mol. The number of urea groups is 1. The standard InChI is InChI=1S/C10H20N2O4/c1-4-8(6-16-3)12-10(15)11-5-7(2)9(13)14/h7-8H,4-6H2,1-3H3,(H,13,14)(H2,11,12,15). The molecule has 3 N–H and O–H groups in total. The molecule has 16 heavy (non-hydrogen) atoms. The van der Waals surface area contributed by atoms with Gasteiger partial charge in [-0.15, -0.1) is 0 Å². The Labute approximate surface area is 95.4 Å². The van der Waals surface area contributed by atoms with Gasteiger partial charge in [-0.3, -0.25) is 4.79 Å². The molecule has 94 valence electrons. The summed E-state index contributed by atoms with van der Waals surface area (Å²) in [5.74, 6) is -1.52. The number of methoxy groups -OCH3 is 1. The van der Waals surface area contributed by atoms with Gasteiger partial charge in [0.15, 0.2) is 0 Å². The van der Waals surface area contributed by atoms with Gasteiger partial charge in [-0.25, -0.2) is 4.79 Å². The number of carbonyl (C=O) groups is 2. The zero-order valence-corrected chi connectivity index (χ0v) is 9.95. The summed E-state index contributed by atoms with van der Waals surface area (Å²) in [7, 11) is 1.56. The topological polar surface area (TPSA) is 87.7 Å².